The summed E-state index contributed by atoms with van der Waals surface area (Å²) in [5, 5.41) is 4.17. The molecule has 6 heteroatoms. The van der Waals surface area contributed by atoms with Crippen molar-refractivity contribution in [3.63, 3.8) is 0 Å². The summed E-state index contributed by atoms with van der Waals surface area (Å²) in [6, 6.07) is 3.97. The highest BCUT2D eigenvalue weighted by Crippen LogP contribution is 2.38. The Labute approximate surface area is 138 Å². The van der Waals surface area contributed by atoms with E-state index in [1.165, 1.54) is 5.56 Å². The molecule has 0 aliphatic carbocycles. The molecule has 0 atom stereocenters. The number of halogens is 2. The van der Waals surface area contributed by atoms with Gasteiger partial charge >= 0.3 is 7.12 Å². The molecule has 0 radical (unpaired) electrons. The maximum atomic E-state index is 6.29. The fourth-order valence-corrected chi connectivity index (χ4v) is 3.01. The molecule has 0 bridgehead atoms. The lowest BCUT2D eigenvalue weighted by Gasteiger charge is -2.32. The van der Waals surface area contributed by atoms with E-state index < -0.39 is 0 Å². The van der Waals surface area contributed by atoms with Crippen LogP contribution in [0.3, 0.4) is 0 Å². The van der Waals surface area contributed by atoms with Crippen LogP contribution in [0.2, 0.25) is 5.02 Å². The third-order valence-electron chi connectivity index (χ3n) is 4.71. The molecule has 21 heavy (non-hydrogen) atoms. The van der Waals surface area contributed by atoms with E-state index in [-0.39, 0.29) is 30.7 Å². The molecule has 2 heterocycles. The summed E-state index contributed by atoms with van der Waals surface area (Å²) in [5.41, 5.74) is 2.76. The van der Waals surface area contributed by atoms with E-state index in [2.05, 4.69) is 33.0 Å². The van der Waals surface area contributed by atoms with Crippen molar-refractivity contribution in [3.05, 3.63) is 22.7 Å². The second-order valence-corrected chi connectivity index (χ2v) is 7.02. The van der Waals surface area contributed by atoms with Crippen LogP contribution in [0, 0.1) is 0 Å². The summed E-state index contributed by atoms with van der Waals surface area (Å²) < 4.78 is 12.3. The van der Waals surface area contributed by atoms with Crippen molar-refractivity contribution < 1.29 is 9.31 Å². The molecule has 2 aliphatic heterocycles. The molecule has 0 amide bonds. The minimum Gasteiger partial charge on any atom is -0.399 e. The third-order valence-corrected chi connectivity index (χ3v) is 5.03. The zero-order valence-corrected chi connectivity index (χ0v) is 14.5. The largest absolute Gasteiger partial charge is 0.495 e. The molecule has 116 valence electrons. The first kappa shape index (κ1) is 16.9. The average molecular weight is 330 g/mol. The molecular weight excluding hydrogens is 308 g/mol. The Kier molecular flexibility index (Phi) is 4.56. The van der Waals surface area contributed by atoms with E-state index in [9.17, 15) is 0 Å². The fourth-order valence-electron chi connectivity index (χ4n) is 2.77. The van der Waals surface area contributed by atoms with Gasteiger partial charge in [-0.05, 0) is 57.6 Å². The van der Waals surface area contributed by atoms with E-state index >= 15 is 0 Å². The summed E-state index contributed by atoms with van der Waals surface area (Å²) in [5.74, 6) is 0. The van der Waals surface area contributed by atoms with Crippen molar-refractivity contribution in [2.24, 2.45) is 0 Å². The molecule has 1 N–H and O–H groups in total. The molecule has 3 rings (SSSR count). The lowest BCUT2D eigenvalue weighted by Crippen LogP contribution is -2.41. The van der Waals surface area contributed by atoms with Crippen LogP contribution in [-0.2, 0) is 15.7 Å². The maximum Gasteiger partial charge on any atom is 0.495 e. The van der Waals surface area contributed by atoms with E-state index in [1.54, 1.807) is 0 Å². The second kappa shape index (κ2) is 5.66. The van der Waals surface area contributed by atoms with Crippen LogP contribution in [0.15, 0.2) is 12.1 Å². The van der Waals surface area contributed by atoms with Crippen LogP contribution in [0.25, 0.3) is 0 Å². The second-order valence-electron chi connectivity index (χ2n) is 6.61. The molecule has 1 saturated heterocycles. The Morgan fingerprint density at radius 2 is 1.76 bits per heavy atom. The van der Waals surface area contributed by atoms with E-state index in [0.29, 0.717) is 0 Å². The minimum atomic E-state index is -0.314. The van der Waals surface area contributed by atoms with Crippen molar-refractivity contribution in [1.29, 1.82) is 0 Å². The number of benzene rings is 1. The van der Waals surface area contributed by atoms with Crippen LogP contribution in [0.5, 0.6) is 0 Å². The monoisotopic (exact) mass is 329 g/mol. The number of nitrogens with one attached hydrogen (secondary N) is 1. The molecule has 2 aliphatic rings. The van der Waals surface area contributed by atoms with E-state index in [0.717, 1.165) is 35.6 Å². The Hall–Kier alpha value is -0.415. The number of anilines is 1. The molecule has 1 fully saturated rings. The minimum absolute atomic E-state index is 0. The van der Waals surface area contributed by atoms with Gasteiger partial charge in [0.15, 0.2) is 0 Å². The summed E-state index contributed by atoms with van der Waals surface area (Å²) >= 11 is 6.29. The Bertz CT molecular complexity index is 533. The molecule has 3 nitrogen and oxygen atoms in total. The number of hydrogen-bond donors (Lipinski definition) is 1. The quantitative estimate of drug-likeness (QED) is 0.801. The van der Waals surface area contributed by atoms with Gasteiger partial charge in [0, 0.05) is 6.54 Å². The predicted molar refractivity (Wildman–Crippen MR) is 91.2 cm³/mol. The summed E-state index contributed by atoms with van der Waals surface area (Å²) in [4.78, 5) is 0. The summed E-state index contributed by atoms with van der Waals surface area (Å²) in [6.45, 7) is 9.28. The molecular formula is C15H22BCl2NO2. The third kappa shape index (κ3) is 2.79. The van der Waals surface area contributed by atoms with Crippen LogP contribution in [0.4, 0.5) is 5.69 Å². The standard InChI is InChI=1S/C15H21BClNO2.ClH/c1-14(2)15(3,4)20-16(19-14)11-7-8-12(17)13-10(11)6-5-9-18-13;/h7-8,18H,5-6,9H2,1-4H3;1H. The van der Waals surface area contributed by atoms with Gasteiger partial charge in [0.25, 0.3) is 0 Å². The zero-order valence-electron chi connectivity index (χ0n) is 13.0. The van der Waals surface area contributed by atoms with Gasteiger partial charge in [-0.15, -0.1) is 12.4 Å². The molecule has 1 aromatic rings. The number of fused-ring (bicyclic) bond motifs is 1. The van der Waals surface area contributed by atoms with Crippen molar-refractivity contribution in [1.82, 2.24) is 0 Å². The smallest absolute Gasteiger partial charge is 0.399 e. The Balaban J connectivity index is 0.00000161. The Morgan fingerprint density at radius 3 is 2.38 bits per heavy atom. The number of rotatable bonds is 1. The molecule has 0 spiro atoms. The van der Waals surface area contributed by atoms with Gasteiger partial charge in [0.05, 0.1) is 21.9 Å². The highest BCUT2D eigenvalue weighted by atomic mass is 35.5. The van der Waals surface area contributed by atoms with Crippen molar-refractivity contribution in [3.8, 4) is 0 Å². The fraction of sp³-hybridized carbons (Fsp3) is 0.600. The first-order valence-electron chi connectivity index (χ1n) is 7.23. The first-order chi connectivity index (χ1) is 9.32. The van der Waals surface area contributed by atoms with Crippen LogP contribution in [-0.4, -0.2) is 24.9 Å². The van der Waals surface area contributed by atoms with Crippen molar-refractivity contribution in [2.45, 2.75) is 51.7 Å². The lowest BCUT2D eigenvalue weighted by molar-refractivity contribution is 0.00578. The van der Waals surface area contributed by atoms with Gasteiger partial charge in [-0.2, -0.15) is 0 Å². The molecule has 0 saturated carbocycles. The SMILES string of the molecule is CC1(C)OB(c2ccc(Cl)c3c2CCCN3)OC1(C)C.Cl. The molecule has 1 aromatic carbocycles. The zero-order chi connectivity index (χ0) is 14.5. The highest BCUT2D eigenvalue weighted by molar-refractivity contribution is 6.63. The Morgan fingerprint density at radius 1 is 1.14 bits per heavy atom. The lowest BCUT2D eigenvalue weighted by atomic mass is 9.74. The van der Waals surface area contributed by atoms with Gasteiger partial charge in [0.2, 0.25) is 0 Å². The van der Waals surface area contributed by atoms with Crippen molar-refractivity contribution in [2.75, 3.05) is 11.9 Å². The normalized spacial score (nSPS) is 22.2. The van der Waals surface area contributed by atoms with Gasteiger partial charge < -0.3 is 14.6 Å². The average Bonchev–Trinajstić information content (AvgIpc) is 2.59. The molecule has 0 aromatic heterocycles. The van der Waals surface area contributed by atoms with Gasteiger partial charge in [0.1, 0.15) is 0 Å². The number of hydrogen-bond acceptors (Lipinski definition) is 3. The highest BCUT2D eigenvalue weighted by Gasteiger charge is 2.52. The van der Waals surface area contributed by atoms with Gasteiger partial charge in [-0.25, -0.2) is 0 Å². The van der Waals surface area contributed by atoms with Crippen LogP contribution in [0.1, 0.15) is 39.7 Å². The van der Waals surface area contributed by atoms with E-state index in [1.807, 2.05) is 12.1 Å². The topological polar surface area (TPSA) is 30.5 Å². The van der Waals surface area contributed by atoms with Gasteiger partial charge in [-0.3, -0.25) is 0 Å². The van der Waals surface area contributed by atoms with E-state index in [4.69, 9.17) is 20.9 Å². The predicted octanol–water partition coefficient (Wildman–Crippen LogP) is 3.42. The summed E-state index contributed by atoms with van der Waals surface area (Å²) in [6.07, 6.45) is 2.13. The molecule has 0 unspecified atom stereocenters. The van der Waals surface area contributed by atoms with Gasteiger partial charge in [-0.1, -0.05) is 17.7 Å². The summed E-state index contributed by atoms with van der Waals surface area (Å²) in [7, 11) is -0.314. The maximum absolute atomic E-state index is 6.29. The first-order valence-corrected chi connectivity index (χ1v) is 7.60. The van der Waals surface area contributed by atoms with Crippen molar-refractivity contribution >= 4 is 42.3 Å². The van der Waals surface area contributed by atoms with Crippen LogP contribution >= 0.6 is 24.0 Å². The van der Waals surface area contributed by atoms with Crippen LogP contribution < -0.4 is 10.8 Å².